The lowest BCUT2D eigenvalue weighted by atomic mass is 10.1. The van der Waals surface area contributed by atoms with E-state index in [-0.39, 0.29) is 31.3 Å². The number of likely N-dealkylation sites (tertiary alicyclic amines) is 2. The molecule has 1 atom stereocenters. The van der Waals surface area contributed by atoms with E-state index in [1.165, 1.54) is 4.90 Å². The third kappa shape index (κ3) is 2.57. The average Bonchev–Trinajstić information content (AvgIpc) is 2.88. The van der Waals surface area contributed by atoms with Gasteiger partial charge >= 0.3 is 5.97 Å². The zero-order chi connectivity index (χ0) is 12.4. The van der Waals surface area contributed by atoms with E-state index >= 15 is 0 Å². The van der Waals surface area contributed by atoms with Gasteiger partial charge in [0.1, 0.15) is 0 Å². The zero-order valence-electron chi connectivity index (χ0n) is 9.59. The Bertz CT molecular complexity index is 349. The Hall–Kier alpha value is -1.59. The minimum absolute atomic E-state index is 0.0165. The van der Waals surface area contributed by atoms with Crippen LogP contribution in [0.25, 0.3) is 0 Å². The minimum atomic E-state index is -0.963. The molecule has 0 aromatic carbocycles. The van der Waals surface area contributed by atoms with Gasteiger partial charge in [-0.3, -0.25) is 14.4 Å². The summed E-state index contributed by atoms with van der Waals surface area (Å²) in [6.45, 7) is 1.70. The second-order valence-electron chi connectivity index (χ2n) is 4.60. The second kappa shape index (κ2) is 4.73. The van der Waals surface area contributed by atoms with Crippen molar-refractivity contribution in [3.05, 3.63) is 0 Å². The summed E-state index contributed by atoms with van der Waals surface area (Å²) in [5, 5.41) is 8.82. The number of hydrogen-bond acceptors (Lipinski definition) is 3. The first kappa shape index (κ1) is 11.9. The van der Waals surface area contributed by atoms with Crippen molar-refractivity contribution in [2.45, 2.75) is 19.3 Å². The van der Waals surface area contributed by atoms with Gasteiger partial charge in [0.25, 0.3) is 0 Å². The van der Waals surface area contributed by atoms with Gasteiger partial charge in [0.05, 0.1) is 12.5 Å². The number of carboxylic acids is 1. The lowest BCUT2D eigenvalue weighted by Crippen LogP contribution is -2.39. The van der Waals surface area contributed by atoms with E-state index in [4.69, 9.17) is 5.11 Å². The van der Waals surface area contributed by atoms with Crippen LogP contribution in [0.5, 0.6) is 0 Å². The molecule has 0 aromatic rings. The van der Waals surface area contributed by atoms with Crippen molar-refractivity contribution in [3.8, 4) is 0 Å². The van der Waals surface area contributed by atoms with Gasteiger partial charge in [0.2, 0.25) is 11.8 Å². The minimum Gasteiger partial charge on any atom is -0.481 e. The van der Waals surface area contributed by atoms with Crippen molar-refractivity contribution in [2.24, 2.45) is 5.92 Å². The Morgan fingerprint density at radius 3 is 2.47 bits per heavy atom. The van der Waals surface area contributed by atoms with Crippen molar-refractivity contribution in [1.82, 2.24) is 9.80 Å². The molecule has 94 valence electrons. The van der Waals surface area contributed by atoms with Gasteiger partial charge in [-0.2, -0.15) is 0 Å². The summed E-state index contributed by atoms with van der Waals surface area (Å²) < 4.78 is 0. The molecular formula is C11H16N2O4. The van der Waals surface area contributed by atoms with E-state index < -0.39 is 11.9 Å². The predicted molar refractivity (Wildman–Crippen MR) is 58.1 cm³/mol. The van der Waals surface area contributed by atoms with Crippen LogP contribution in [0.4, 0.5) is 0 Å². The topological polar surface area (TPSA) is 77.9 Å². The van der Waals surface area contributed by atoms with Gasteiger partial charge in [-0.25, -0.2) is 0 Å². The summed E-state index contributed by atoms with van der Waals surface area (Å²) >= 11 is 0. The molecular weight excluding hydrogens is 224 g/mol. The monoisotopic (exact) mass is 240 g/mol. The Labute approximate surface area is 99.2 Å². The average molecular weight is 240 g/mol. The Morgan fingerprint density at radius 1 is 1.29 bits per heavy atom. The highest BCUT2D eigenvalue weighted by Crippen LogP contribution is 2.18. The fraction of sp³-hybridized carbons (Fsp3) is 0.727. The zero-order valence-corrected chi connectivity index (χ0v) is 9.59. The van der Waals surface area contributed by atoms with E-state index in [0.29, 0.717) is 0 Å². The molecule has 2 fully saturated rings. The number of carboxylic acid groups (broad SMARTS) is 1. The van der Waals surface area contributed by atoms with Crippen molar-refractivity contribution in [3.63, 3.8) is 0 Å². The molecule has 17 heavy (non-hydrogen) atoms. The second-order valence-corrected chi connectivity index (χ2v) is 4.60. The van der Waals surface area contributed by atoms with E-state index in [1.807, 2.05) is 0 Å². The van der Waals surface area contributed by atoms with E-state index in [9.17, 15) is 14.4 Å². The number of amides is 2. The molecule has 6 nitrogen and oxygen atoms in total. The summed E-state index contributed by atoms with van der Waals surface area (Å²) in [7, 11) is 0. The normalized spacial score (nSPS) is 24.5. The molecule has 0 aliphatic carbocycles. The van der Waals surface area contributed by atoms with Crippen molar-refractivity contribution >= 4 is 17.8 Å². The number of nitrogens with zero attached hydrogens (tertiary/aromatic N) is 2. The lowest BCUT2D eigenvalue weighted by Gasteiger charge is -2.20. The van der Waals surface area contributed by atoms with Crippen LogP contribution in [0, 0.1) is 5.92 Å². The van der Waals surface area contributed by atoms with Crippen LogP contribution in [-0.4, -0.2) is 58.9 Å². The number of carbonyl (C=O) groups is 3. The standard InChI is InChI=1S/C11H16N2O4/c14-9-5-8(11(16)17)6-13(9)7-10(15)12-3-1-2-4-12/h8H,1-7H2,(H,16,17). The van der Waals surface area contributed by atoms with E-state index in [0.717, 1.165) is 25.9 Å². The van der Waals surface area contributed by atoms with Crippen LogP contribution >= 0.6 is 0 Å². The van der Waals surface area contributed by atoms with Gasteiger partial charge in [0.15, 0.2) is 0 Å². The van der Waals surface area contributed by atoms with E-state index in [2.05, 4.69) is 0 Å². The van der Waals surface area contributed by atoms with Crippen molar-refractivity contribution < 1.29 is 19.5 Å². The molecule has 2 aliphatic rings. The maximum atomic E-state index is 11.8. The third-order valence-electron chi connectivity index (χ3n) is 3.35. The van der Waals surface area contributed by atoms with Gasteiger partial charge < -0.3 is 14.9 Å². The summed E-state index contributed by atoms with van der Waals surface area (Å²) in [6.07, 6.45) is 2.04. The molecule has 0 radical (unpaired) electrons. The third-order valence-corrected chi connectivity index (χ3v) is 3.35. The van der Waals surface area contributed by atoms with Gasteiger partial charge in [-0.05, 0) is 12.8 Å². The first-order valence-electron chi connectivity index (χ1n) is 5.86. The predicted octanol–water partition coefficient (Wildman–Crippen LogP) is -0.458. The van der Waals surface area contributed by atoms with Crippen LogP contribution in [0.3, 0.4) is 0 Å². The molecule has 0 bridgehead atoms. The van der Waals surface area contributed by atoms with Crippen LogP contribution in [0.1, 0.15) is 19.3 Å². The van der Waals surface area contributed by atoms with Crippen LogP contribution in [0.2, 0.25) is 0 Å². The molecule has 6 heteroatoms. The van der Waals surface area contributed by atoms with Gasteiger partial charge in [-0.1, -0.05) is 0 Å². The number of rotatable bonds is 3. The summed E-state index contributed by atoms with van der Waals surface area (Å²) in [6, 6.07) is 0. The molecule has 2 rings (SSSR count). The summed E-state index contributed by atoms with van der Waals surface area (Å²) in [5.74, 6) is -1.92. The lowest BCUT2D eigenvalue weighted by molar-refractivity contribution is -0.141. The molecule has 2 heterocycles. The molecule has 2 aliphatic heterocycles. The fourth-order valence-corrected chi connectivity index (χ4v) is 2.32. The quantitative estimate of drug-likeness (QED) is 0.724. The van der Waals surface area contributed by atoms with Gasteiger partial charge in [0, 0.05) is 26.1 Å². The number of aliphatic carboxylic acids is 1. The van der Waals surface area contributed by atoms with Gasteiger partial charge in [-0.15, -0.1) is 0 Å². The highest BCUT2D eigenvalue weighted by atomic mass is 16.4. The summed E-state index contributed by atoms with van der Waals surface area (Å²) in [4.78, 5) is 37.2. The fourth-order valence-electron chi connectivity index (χ4n) is 2.32. The molecule has 1 unspecified atom stereocenters. The molecule has 1 N–H and O–H groups in total. The Kier molecular flexibility index (Phi) is 3.31. The van der Waals surface area contributed by atoms with Crippen LogP contribution in [0.15, 0.2) is 0 Å². The smallest absolute Gasteiger partial charge is 0.308 e. The first-order valence-corrected chi connectivity index (χ1v) is 5.86. The van der Waals surface area contributed by atoms with E-state index in [1.54, 1.807) is 4.90 Å². The van der Waals surface area contributed by atoms with Crippen LogP contribution in [-0.2, 0) is 14.4 Å². The van der Waals surface area contributed by atoms with Crippen molar-refractivity contribution in [2.75, 3.05) is 26.2 Å². The van der Waals surface area contributed by atoms with Crippen LogP contribution < -0.4 is 0 Å². The highest BCUT2D eigenvalue weighted by molar-refractivity contribution is 5.89. The maximum absolute atomic E-state index is 11.8. The SMILES string of the molecule is O=C(O)C1CC(=O)N(CC(=O)N2CCCC2)C1. The van der Waals surface area contributed by atoms with Crippen molar-refractivity contribution in [1.29, 1.82) is 0 Å². The Morgan fingerprint density at radius 2 is 1.94 bits per heavy atom. The largest absolute Gasteiger partial charge is 0.481 e. The molecule has 2 amide bonds. The number of hydrogen-bond donors (Lipinski definition) is 1. The molecule has 2 saturated heterocycles. The Balaban J connectivity index is 1.88. The maximum Gasteiger partial charge on any atom is 0.308 e. The summed E-state index contributed by atoms with van der Waals surface area (Å²) in [5.41, 5.74) is 0. The highest BCUT2D eigenvalue weighted by Gasteiger charge is 2.35. The molecule has 0 spiro atoms. The molecule has 0 saturated carbocycles. The first-order chi connectivity index (χ1) is 8.08. The number of carbonyl (C=O) groups excluding carboxylic acids is 2. The molecule has 0 aromatic heterocycles.